The van der Waals surface area contributed by atoms with E-state index < -0.39 is 17.8 Å². The second kappa shape index (κ2) is 4.87. The van der Waals surface area contributed by atoms with Crippen LogP contribution in [-0.4, -0.2) is 15.7 Å². The Balaban J connectivity index is 2.23. The lowest BCUT2D eigenvalue weighted by molar-refractivity contribution is -0.143. The van der Waals surface area contributed by atoms with Gasteiger partial charge >= 0.3 is 6.18 Å². The van der Waals surface area contributed by atoms with Crippen LogP contribution in [0.5, 0.6) is 0 Å². The number of aryl methyl sites for hydroxylation is 1. The fraction of sp³-hybridized carbons (Fsp3) is 0.167. The maximum Gasteiger partial charge on any atom is 0.433 e. The fourth-order valence-corrected chi connectivity index (χ4v) is 1.68. The van der Waals surface area contributed by atoms with E-state index in [1.807, 2.05) is 0 Å². The van der Waals surface area contributed by atoms with Crippen molar-refractivity contribution in [3.05, 3.63) is 41.6 Å². The van der Waals surface area contributed by atoms with Gasteiger partial charge < -0.3 is 11.1 Å². The summed E-state index contributed by atoms with van der Waals surface area (Å²) in [5.41, 5.74) is 5.07. The van der Waals surface area contributed by atoms with E-state index in [0.29, 0.717) is 4.68 Å². The molecule has 20 heavy (non-hydrogen) atoms. The molecule has 0 saturated heterocycles. The lowest BCUT2D eigenvalue weighted by Crippen LogP contribution is -2.14. The van der Waals surface area contributed by atoms with E-state index in [1.54, 1.807) is 12.1 Å². The molecular weight excluding hydrogens is 273 g/mol. The Morgan fingerprint density at radius 3 is 2.55 bits per heavy atom. The minimum absolute atomic E-state index is 0.173. The van der Waals surface area contributed by atoms with Crippen molar-refractivity contribution >= 4 is 17.4 Å². The van der Waals surface area contributed by atoms with Gasteiger partial charge in [0, 0.05) is 18.8 Å². The molecule has 0 aliphatic carbocycles. The minimum atomic E-state index is -4.53. The molecule has 0 bridgehead atoms. The number of nitrogens with one attached hydrogen (secondary N) is 1. The molecule has 0 spiro atoms. The Labute approximate surface area is 112 Å². The summed E-state index contributed by atoms with van der Waals surface area (Å²) in [6, 6.07) is 7.00. The number of hydrogen-bond acceptors (Lipinski definition) is 3. The number of benzene rings is 1. The average Bonchev–Trinajstić information content (AvgIpc) is 2.70. The summed E-state index contributed by atoms with van der Waals surface area (Å²) in [5, 5.41) is 5.88. The van der Waals surface area contributed by atoms with Crippen molar-refractivity contribution in [3.8, 4) is 0 Å². The first-order valence-electron chi connectivity index (χ1n) is 5.56. The van der Waals surface area contributed by atoms with E-state index in [2.05, 4.69) is 10.4 Å². The van der Waals surface area contributed by atoms with Crippen molar-refractivity contribution in [2.24, 2.45) is 7.05 Å². The summed E-state index contributed by atoms with van der Waals surface area (Å²) < 4.78 is 38.4. The van der Waals surface area contributed by atoms with Gasteiger partial charge in [0.15, 0.2) is 5.82 Å². The largest absolute Gasteiger partial charge is 0.433 e. The molecular formula is C12H11F3N4O. The smallest absolute Gasteiger partial charge is 0.398 e. The molecule has 2 aromatic rings. The van der Waals surface area contributed by atoms with E-state index >= 15 is 0 Å². The number of amides is 1. The zero-order valence-corrected chi connectivity index (χ0v) is 10.4. The quantitative estimate of drug-likeness (QED) is 0.831. The van der Waals surface area contributed by atoms with Gasteiger partial charge in [-0.05, 0) is 12.1 Å². The SMILES string of the molecule is Cn1nc(NC(=O)c2ccccc2N)cc1C(F)(F)F. The third-order valence-electron chi connectivity index (χ3n) is 2.62. The van der Waals surface area contributed by atoms with Crippen LogP contribution in [0, 0.1) is 0 Å². The van der Waals surface area contributed by atoms with Gasteiger partial charge in [-0.1, -0.05) is 12.1 Å². The number of alkyl halides is 3. The molecule has 1 aromatic carbocycles. The standard InChI is InChI=1S/C12H11F3N4O/c1-19-9(12(13,14)15)6-10(18-19)17-11(20)7-4-2-3-5-8(7)16/h2-6H,16H2,1H3,(H,17,18,20). The Morgan fingerprint density at radius 1 is 1.35 bits per heavy atom. The van der Waals surface area contributed by atoms with Crippen LogP contribution in [0.3, 0.4) is 0 Å². The van der Waals surface area contributed by atoms with Crippen LogP contribution in [0.2, 0.25) is 0 Å². The first kappa shape index (κ1) is 13.9. The molecule has 2 rings (SSSR count). The number of para-hydroxylation sites is 1. The number of nitrogens with two attached hydrogens (primary N) is 1. The fourth-order valence-electron chi connectivity index (χ4n) is 1.68. The monoisotopic (exact) mass is 284 g/mol. The van der Waals surface area contributed by atoms with Crippen LogP contribution in [-0.2, 0) is 13.2 Å². The van der Waals surface area contributed by atoms with Crippen LogP contribution in [0.1, 0.15) is 16.1 Å². The van der Waals surface area contributed by atoms with Crippen LogP contribution in [0.15, 0.2) is 30.3 Å². The summed E-state index contributed by atoms with van der Waals surface area (Å²) in [5.74, 6) is -0.803. The number of anilines is 2. The predicted octanol–water partition coefficient (Wildman–Crippen LogP) is 2.27. The molecule has 1 aromatic heterocycles. The Kier molecular flexibility index (Phi) is 3.39. The maximum atomic E-state index is 12.6. The van der Waals surface area contributed by atoms with E-state index in [9.17, 15) is 18.0 Å². The van der Waals surface area contributed by atoms with E-state index in [0.717, 1.165) is 13.1 Å². The van der Waals surface area contributed by atoms with Crippen LogP contribution in [0.25, 0.3) is 0 Å². The van der Waals surface area contributed by atoms with Gasteiger partial charge in [0.05, 0.1) is 5.56 Å². The molecule has 0 aliphatic heterocycles. The Morgan fingerprint density at radius 2 is 2.00 bits per heavy atom. The van der Waals surface area contributed by atoms with E-state index in [-0.39, 0.29) is 17.1 Å². The summed E-state index contributed by atoms with van der Waals surface area (Å²) in [6.45, 7) is 0. The van der Waals surface area contributed by atoms with Crippen LogP contribution >= 0.6 is 0 Å². The highest BCUT2D eigenvalue weighted by molar-refractivity contribution is 6.07. The molecule has 0 radical (unpaired) electrons. The van der Waals surface area contributed by atoms with Crippen molar-refractivity contribution in [3.63, 3.8) is 0 Å². The first-order valence-corrected chi connectivity index (χ1v) is 5.56. The predicted molar refractivity (Wildman–Crippen MR) is 67.0 cm³/mol. The third-order valence-corrected chi connectivity index (χ3v) is 2.62. The maximum absolute atomic E-state index is 12.6. The van der Waals surface area contributed by atoms with Crippen molar-refractivity contribution in [2.45, 2.75) is 6.18 Å². The molecule has 106 valence electrons. The molecule has 0 atom stereocenters. The second-order valence-electron chi connectivity index (χ2n) is 4.08. The number of nitrogens with zero attached hydrogens (tertiary/aromatic N) is 2. The molecule has 0 aliphatic rings. The number of nitrogen functional groups attached to an aromatic ring is 1. The number of aromatic nitrogens is 2. The Bertz CT molecular complexity index is 648. The Hall–Kier alpha value is -2.51. The van der Waals surface area contributed by atoms with Crippen molar-refractivity contribution in [1.82, 2.24) is 9.78 Å². The van der Waals surface area contributed by atoms with Gasteiger partial charge in [-0.15, -0.1) is 0 Å². The van der Waals surface area contributed by atoms with Gasteiger partial charge in [0.1, 0.15) is 5.69 Å². The minimum Gasteiger partial charge on any atom is -0.398 e. The number of rotatable bonds is 2. The van der Waals surface area contributed by atoms with E-state index in [1.165, 1.54) is 12.1 Å². The summed E-state index contributed by atoms with van der Waals surface area (Å²) in [7, 11) is 1.15. The molecule has 0 fully saturated rings. The topological polar surface area (TPSA) is 72.9 Å². The molecule has 0 saturated carbocycles. The number of halogens is 3. The second-order valence-corrected chi connectivity index (χ2v) is 4.08. The van der Waals surface area contributed by atoms with Gasteiger partial charge in [-0.3, -0.25) is 9.48 Å². The van der Waals surface area contributed by atoms with Gasteiger partial charge in [-0.25, -0.2) is 0 Å². The van der Waals surface area contributed by atoms with Crippen LogP contribution in [0.4, 0.5) is 24.7 Å². The zero-order chi connectivity index (χ0) is 14.9. The van der Waals surface area contributed by atoms with Crippen molar-refractivity contribution in [2.75, 3.05) is 11.1 Å². The average molecular weight is 284 g/mol. The highest BCUT2D eigenvalue weighted by Gasteiger charge is 2.35. The number of carbonyl (C=O) groups is 1. The van der Waals surface area contributed by atoms with Gasteiger partial charge in [-0.2, -0.15) is 18.3 Å². The normalized spacial score (nSPS) is 11.4. The van der Waals surface area contributed by atoms with Gasteiger partial charge in [0.2, 0.25) is 0 Å². The summed E-state index contributed by atoms with van der Waals surface area (Å²) in [6.07, 6.45) is -4.53. The first-order chi connectivity index (χ1) is 9.29. The lowest BCUT2D eigenvalue weighted by Gasteiger charge is -2.04. The molecule has 1 amide bonds. The molecule has 3 N–H and O–H groups in total. The third kappa shape index (κ3) is 2.73. The highest BCUT2D eigenvalue weighted by atomic mass is 19.4. The van der Waals surface area contributed by atoms with Crippen molar-refractivity contribution in [1.29, 1.82) is 0 Å². The summed E-state index contributed by atoms with van der Waals surface area (Å²) >= 11 is 0. The van der Waals surface area contributed by atoms with Crippen LogP contribution < -0.4 is 11.1 Å². The highest BCUT2D eigenvalue weighted by Crippen LogP contribution is 2.30. The number of hydrogen-bond donors (Lipinski definition) is 2. The summed E-state index contributed by atoms with van der Waals surface area (Å²) in [4.78, 5) is 11.9. The molecule has 5 nitrogen and oxygen atoms in total. The molecule has 8 heteroatoms. The number of carbonyl (C=O) groups excluding carboxylic acids is 1. The lowest BCUT2D eigenvalue weighted by atomic mass is 10.1. The zero-order valence-electron chi connectivity index (χ0n) is 10.4. The molecule has 0 unspecified atom stereocenters. The van der Waals surface area contributed by atoms with Crippen molar-refractivity contribution < 1.29 is 18.0 Å². The van der Waals surface area contributed by atoms with E-state index in [4.69, 9.17) is 5.73 Å². The molecule has 1 heterocycles. The van der Waals surface area contributed by atoms with Gasteiger partial charge in [0.25, 0.3) is 5.91 Å².